The average Bonchev–Trinajstić information content (AvgIpc) is 2.71. The van der Waals surface area contributed by atoms with Crippen LogP contribution in [-0.2, 0) is 14.2 Å². The Kier molecular flexibility index (Phi) is 4.96. The molecule has 112 valence electrons. The van der Waals surface area contributed by atoms with E-state index in [4.69, 9.17) is 14.2 Å². The SMILES string of the molecule is COC[C@H]1O[C@@H](n2cc(I)c(=O)[nH]c2=O)C(O)C1OC. The van der Waals surface area contributed by atoms with Crippen LogP contribution in [0.3, 0.4) is 0 Å². The molecule has 0 bridgehead atoms. The average molecular weight is 398 g/mol. The van der Waals surface area contributed by atoms with Gasteiger partial charge in [-0.2, -0.15) is 0 Å². The molecule has 1 aliphatic rings. The fraction of sp³-hybridized carbons (Fsp3) is 0.636. The maximum Gasteiger partial charge on any atom is 0.330 e. The van der Waals surface area contributed by atoms with E-state index in [2.05, 4.69) is 4.98 Å². The highest BCUT2D eigenvalue weighted by Gasteiger charge is 2.45. The van der Waals surface area contributed by atoms with E-state index in [1.807, 2.05) is 0 Å². The summed E-state index contributed by atoms with van der Waals surface area (Å²) in [6.07, 6.45) is -1.74. The van der Waals surface area contributed by atoms with Gasteiger partial charge in [0.25, 0.3) is 5.56 Å². The van der Waals surface area contributed by atoms with Gasteiger partial charge >= 0.3 is 5.69 Å². The summed E-state index contributed by atoms with van der Waals surface area (Å²) in [5, 5.41) is 10.2. The van der Waals surface area contributed by atoms with Crippen LogP contribution in [-0.4, -0.2) is 53.8 Å². The van der Waals surface area contributed by atoms with Crippen molar-refractivity contribution in [3.8, 4) is 0 Å². The molecule has 0 aromatic carbocycles. The molecule has 0 aliphatic carbocycles. The highest BCUT2D eigenvalue weighted by Crippen LogP contribution is 2.30. The molecular weight excluding hydrogens is 383 g/mol. The molecule has 2 heterocycles. The summed E-state index contributed by atoms with van der Waals surface area (Å²) >= 11 is 1.80. The number of halogens is 1. The number of hydrogen-bond acceptors (Lipinski definition) is 6. The van der Waals surface area contributed by atoms with Crippen LogP contribution >= 0.6 is 22.6 Å². The minimum absolute atomic E-state index is 0.223. The number of aliphatic hydroxyl groups excluding tert-OH is 1. The Morgan fingerprint density at radius 1 is 1.50 bits per heavy atom. The van der Waals surface area contributed by atoms with E-state index in [1.165, 1.54) is 20.4 Å². The van der Waals surface area contributed by atoms with Crippen molar-refractivity contribution in [1.82, 2.24) is 9.55 Å². The smallest absolute Gasteiger partial charge is 0.330 e. The van der Waals surface area contributed by atoms with Gasteiger partial charge in [-0.05, 0) is 22.6 Å². The van der Waals surface area contributed by atoms with Crippen LogP contribution in [0.1, 0.15) is 6.23 Å². The van der Waals surface area contributed by atoms with Crippen molar-refractivity contribution in [3.05, 3.63) is 30.6 Å². The van der Waals surface area contributed by atoms with E-state index in [0.717, 1.165) is 4.57 Å². The second kappa shape index (κ2) is 6.35. The number of ether oxygens (including phenoxy) is 3. The Morgan fingerprint density at radius 2 is 2.20 bits per heavy atom. The molecule has 1 aliphatic heterocycles. The minimum atomic E-state index is -1.04. The first-order valence-electron chi connectivity index (χ1n) is 5.85. The van der Waals surface area contributed by atoms with Gasteiger partial charge in [0.05, 0.1) is 10.2 Å². The first-order valence-corrected chi connectivity index (χ1v) is 6.93. The molecule has 2 rings (SSSR count). The number of nitrogens with one attached hydrogen (secondary N) is 1. The molecule has 1 aromatic heterocycles. The van der Waals surface area contributed by atoms with Crippen LogP contribution in [0.5, 0.6) is 0 Å². The van der Waals surface area contributed by atoms with Crippen molar-refractivity contribution in [2.75, 3.05) is 20.8 Å². The Balaban J connectivity index is 2.36. The van der Waals surface area contributed by atoms with E-state index in [0.29, 0.717) is 3.57 Å². The van der Waals surface area contributed by atoms with Crippen molar-refractivity contribution in [2.45, 2.75) is 24.5 Å². The third-order valence-corrected chi connectivity index (χ3v) is 3.88. The fourth-order valence-corrected chi connectivity index (χ4v) is 2.62. The van der Waals surface area contributed by atoms with Crippen LogP contribution in [0.25, 0.3) is 0 Å². The van der Waals surface area contributed by atoms with Gasteiger partial charge in [0.2, 0.25) is 0 Å². The normalized spacial score (nSPS) is 29.8. The lowest BCUT2D eigenvalue weighted by Gasteiger charge is -2.18. The third kappa shape index (κ3) is 2.81. The summed E-state index contributed by atoms with van der Waals surface area (Å²) in [6, 6.07) is 0. The summed E-state index contributed by atoms with van der Waals surface area (Å²) in [5.74, 6) is 0. The van der Waals surface area contributed by atoms with Gasteiger partial charge in [0.1, 0.15) is 18.3 Å². The first kappa shape index (κ1) is 15.6. The zero-order valence-corrected chi connectivity index (χ0v) is 13.1. The van der Waals surface area contributed by atoms with Gasteiger partial charge in [-0.1, -0.05) is 0 Å². The third-order valence-electron chi connectivity index (χ3n) is 3.11. The molecule has 0 saturated carbocycles. The molecule has 0 radical (unpaired) electrons. The highest BCUT2D eigenvalue weighted by molar-refractivity contribution is 14.1. The highest BCUT2D eigenvalue weighted by atomic mass is 127. The monoisotopic (exact) mass is 398 g/mol. The molecule has 1 saturated heterocycles. The van der Waals surface area contributed by atoms with Crippen molar-refractivity contribution >= 4 is 22.6 Å². The van der Waals surface area contributed by atoms with Gasteiger partial charge in [-0.15, -0.1) is 0 Å². The van der Waals surface area contributed by atoms with Crippen LogP contribution in [0.4, 0.5) is 0 Å². The summed E-state index contributed by atoms with van der Waals surface area (Å²) in [4.78, 5) is 25.3. The number of rotatable bonds is 4. The Hall–Kier alpha value is -0.750. The molecule has 0 spiro atoms. The molecule has 1 fully saturated rings. The zero-order chi connectivity index (χ0) is 14.9. The largest absolute Gasteiger partial charge is 0.386 e. The maximum absolute atomic E-state index is 11.8. The second-order valence-electron chi connectivity index (χ2n) is 4.35. The van der Waals surface area contributed by atoms with Crippen LogP contribution in [0, 0.1) is 3.57 Å². The molecule has 1 aromatic rings. The Bertz CT molecular complexity index is 585. The Morgan fingerprint density at radius 3 is 2.80 bits per heavy atom. The van der Waals surface area contributed by atoms with E-state index >= 15 is 0 Å². The predicted molar refractivity (Wildman–Crippen MR) is 76.6 cm³/mol. The lowest BCUT2D eigenvalue weighted by molar-refractivity contribution is -0.0641. The lowest BCUT2D eigenvalue weighted by atomic mass is 10.1. The molecule has 2 unspecified atom stereocenters. The van der Waals surface area contributed by atoms with Crippen LogP contribution in [0.2, 0.25) is 0 Å². The van der Waals surface area contributed by atoms with Crippen molar-refractivity contribution in [1.29, 1.82) is 0 Å². The van der Waals surface area contributed by atoms with Gasteiger partial charge in [-0.3, -0.25) is 14.3 Å². The fourth-order valence-electron chi connectivity index (χ4n) is 2.19. The molecule has 2 N–H and O–H groups in total. The standard InChI is InChI=1S/C11H15IN2O6/c1-18-4-6-8(19-2)7(15)10(20-6)14-3-5(12)9(16)13-11(14)17/h3,6-8,10,15H,4H2,1-2H3,(H,13,16,17)/t6-,7?,8?,10-/m1/s1. The summed E-state index contributed by atoms with van der Waals surface area (Å²) in [5.41, 5.74) is -1.12. The van der Waals surface area contributed by atoms with Crippen LogP contribution in [0.15, 0.2) is 15.8 Å². The van der Waals surface area contributed by atoms with Gasteiger partial charge in [0.15, 0.2) is 6.23 Å². The number of aromatic nitrogens is 2. The number of H-pyrrole nitrogens is 1. The second-order valence-corrected chi connectivity index (χ2v) is 5.52. The van der Waals surface area contributed by atoms with E-state index in [1.54, 1.807) is 22.6 Å². The number of aliphatic hydroxyl groups is 1. The predicted octanol–water partition coefficient (Wildman–Crippen LogP) is -0.939. The van der Waals surface area contributed by atoms with Gasteiger partial charge in [-0.25, -0.2) is 4.79 Å². The number of methoxy groups -OCH3 is 2. The topological polar surface area (TPSA) is 103 Å². The maximum atomic E-state index is 11.8. The zero-order valence-electron chi connectivity index (χ0n) is 10.9. The van der Waals surface area contributed by atoms with E-state index < -0.39 is 35.8 Å². The molecule has 9 heteroatoms. The van der Waals surface area contributed by atoms with Crippen molar-refractivity contribution in [2.24, 2.45) is 0 Å². The van der Waals surface area contributed by atoms with Gasteiger partial charge < -0.3 is 19.3 Å². The van der Waals surface area contributed by atoms with Crippen molar-refractivity contribution < 1.29 is 19.3 Å². The lowest BCUT2D eigenvalue weighted by Crippen LogP contribution is -2.39. The number of nitrogens with zero attached hydrogens (tertiary/aromatic N) is 1. The van der Waals surface area contributed by atoms with Crippen molar-refractivity contribution in [3.63, 3.8) is 0 Å². The van der Waals surface area contributed by atoms with Gasteiger partial charge in [0, 0.05) is 20.4 Å². The number of aromatic amines is 1. The molecule has 4 atom stereocenters. The molecule has 0 amide bonds. The van der Waals surface area contributed by atoms with Crippen LogP contribution < -0.4 is 11.2 Å². The summed E-state index contributed by atoms with van der Waals surface area (Å²) < 4.78 is 17.3. The molecular formula is C11H15IN2O6. The minimum Gasteiger partial charge on any atom is -0.386 e. The Labute approximate surface area is 127 Å². The molecule has 20 heavy (non-hydrogen) atoms. The first-order chi connectivity index (χ1) is 9.49. The summed E-state index contributed by atoms with van der Waals surface area (Å²) in [7, 11) is 2.95. The molecule has 8 nitrogen and oxygen atoms in total. The van der Waals surface area contributed by atoms with E-state index in [9.17, 15) is 14.7 Å². The number of hydrogen-bond donors (Lipinski definition) is 2. The van der Waals surface area contributed by atoms with E-state index in [-0.39, 0.29) is 6.61 Å². The summed E-state index contributed by atoms with van der Waals surface area (Å²) in [6.45, 7) is 0.223. The quantitative estimate of drug-likeness (QED) is 0.635.